The van der Waals surface area contributed by atoms with E-state index in [1.807, 2.05) is 32.0 Å². The molecule has 0 saturated heterocycles. The van der Waals surface area contributed by atoms with Crippen molar-refractivity contribution in [3.8, 4) is 0 Å². The Morgan fingerprint density at radius 3 is 2.41 bits per heavy atom. The van der Waals surface area contributed by atoms with Gasteiger partial charge in [0.15, 0.2) is 5.43 Å². The quantitative estimate of drug-likeness (QED) is 0.735. The van der Waals surface area contributed by atoms with Gasteiger partial charge in [-0.25, -0.2) is 0 Å². The Bertz CT molecular complexity index is 550. The maximum atomic E-state index is 11.7. The van der Waals surface area contributed by atoms with E-state index in [2.05, 4.69) is 13.8 Å². The normalized spacial score (nSPS) is 10.2. The van der Waals surface area contributed by atoms with Crippen LogP contribution in [0.15, 0.2) is 33.7 Å². The van der Waals surface area contributed by atoms with E-state index in [1.54, 1.807) is 6.92 Å². The maximum Gasteiger partial charge on any atom is 0.195 e. The molecule has 2 heteroatoms. The molecule has 1 heterocycles. The van der Waals surface area contributed by atoms with Crippen molar-refractivity contribution in [1.29, 1.82) is 0 Å². The second-order valence-corrected chi connectivity index (χ2v) is 4.16. The fourth-order valence-electron chi connectivity index (χ4n) is 1.60. The summed E-state index contributed by atoms with van der Waals surface area (Å²) in [5.41, 5.74) is 2.58. The van der Waals surface area contributed by atoms with Crippen molar-refractivity contribution < 1.29 is 4.42 Å². The van der Waals surface area contributed by atoms with Gasteiger partial charge in [-0.1, -0.05) is 33.8 Å². The van der Waals surface area contributed by atoms with Crippen molar-refractivity contribution >= 4 is 11.0 Å². The van der Waals surface area contributed by atoms with E-state index in [4.69, 9.17) is 4.42 Å². The third-order valence-corrected chi connectivity index (χ3v) is 2.64. The fraction of sp³-hybridized carbons (Fsp3) is 0.400. The number of benzene rings is 1. The Morgan fingerprint density at radius 1 is 1.18 bits per heavy atom. The maximum absolute atomic E-state index is 11.7. The Balaban J connectivity index is 0.000000686. The van der Waals surface area contributed by atoms with Crippen molar-refractivity contribution in [2.24, 2.45) is 0 Å². The standard InChI is InChI=1S/C13H14O2.C2H6/c1-8(2)10-4-5-11-12(6-10)15-7-9(3)13(11)14;1-2/h4-8H,1-3H3;1-2H3. The van der Waals surface area contributed by atoms with Crippen molar-refractivity contribution in [2.75, 3.05) is 0 Å². The van der Waals surface area contributed by atoms with Gasteiger partial charge >= 0.3 is 0 Å². The monoisotopic (exact) mass is 232 g/mol. The number of hydrogen-bond acceptors (Lipinski definition) is 2. The number of rotatable bonds is 1. The molecule has 0 spiro atoms. The SMILES string of the molecule is CC.Cc1coc2cc(C(C)C)ccc2c1=O. The smallest absolute Gasteiger partial charge is 0.195 e. The highest BCUT2D eigenvalue weighted by molar-refractivity contribution is 5.77. The topological polar surface area (TPSA) is 30.2 Å². The number of fused-ring (bicyclic) bond motifs is 1. The van der Waals surface area contributed by atoms with Crippen LogP contribution in [0, 0.1) is 6.92 Å². The Hall–Kier alpha value is -1.57. The molecular weight excluding hydrogens is 212 g/mol. The minimum atomic E-state index is 0.0616. The third-order valence-electron chi connectivity index (χ3n) is 2.64. The molecule has 0 aliphatic heterocycles. The van der Waals surface area contributed by atoms with E-state index in [-0.39, 0.29) is 5.43 Å². The van der Waals surface area contributed by atoms with E-state index < -0.39 is 0 Å². The van der Waals surface area contributed by atoms with E-state index in [0.29, 0.717) is 22.5 Å². The van der Waals surface area contributed by atoms with E-state index in [0.717, 1.165) is 0 Å². The predicted octanol–water partition coefficient (Wildman–Crippen LogP) is 4.25. The second kappa shape index (κ2) is 5.67. The first-order chi connectivity index (χ1) is 8.09. The molecule has 1 aromatic heterocycles. The zero-order chi connectivity index (χ0) is 13.0. The van der Waals surface area contributed by atoms with Crippen molar-refractivity contribution in [3.63, 3.8) is 0 Å². The van der Waals surface area contributed by atoms with Gasteiger partial charge in [-0.3, -0.25) is 4.79 Å². The average Bonchev–Trinajstić information content (AvgIpc) is 2.36. The van der Waals surface area contributed by atoms with Crippen LogP contribution in [0.25, 0.3) is 11.0 Å². The van der Waals surface area contributed by atoms with Crippen molar-refractivity contribution in [1.82, 2.24) is 0 Å². The van der Waals surface area contributed by atoms with Gasteiger partial charge in [-0.05, 0) is 30.5 Å². The largest absolute Gasteiger partial charge is 0.464 e. The molecule has 1 aromatic carbocycles. The fourth-order valence-corrected chi connectivity index (χ4v) is 1.60. The van der Waals surface area contributed by atoms with Gasteiger partial charge in [0.25, 0.3) is 0 Å². The van der Waals surface area contributed by atoms with Gasteiger partial charge in [0.2, 0.25) is 0 Å². The van der Waals surface area contributed by atoms with Gasteiger partial charge < -0.3 is 4.42 Å². The zero-order valence-corrected chi connectivity index (χ0v) is 11.2. The molecular formula is C15H20O2. The molecule has 92 valence electrons. The van der Waals surface area contributed by atoms with Gasteiger partial charge in [-0.15, -0.1) is 0 Å². The highest BCUT2D eigenvalue weighted by Crippen LogP contribution is 2.19. The van der Waals surface area contributed by atoms with Crippen LogP contribution in [-0.2, 0) is 0 Å². The van der Waals surface area contributed by atoms with E-state index in [9.17, 15) is 4.79 Å². The van der Waals surface area contributed by atoms with Crippen LogP contribution in [0.3, 0.4) is 0 Å². The Kier molecular flexibility index (Phi) is 4.50. The van der Waals surface area contributed by atoms with E-state index >= 15 is 0 Å². The number of hydrogen-bond donors (Lipinski definition) is 0. The summed E-state index contributed by atoms with van der Waals surface area (Å²) in [6, 6.07) is 5.79. The summed E-state index contributed by atoms with van der Waals surface area (Å²) >= 11 is 0. The van der Waals surface area contributed by atoms with Crippen LogP contribution >= 0.6 is 0 Å². The molecule has 0 radical (unpaired) electrons. The molecule has 2 aromatic rings. The summed E-state index contributed by atoms with van der Waals surface area (Å²) in [7, 11) is 0. The Morgan fingerprint density at radius 2 is 1.82 bits per heavy atom. The molecule has 0 N–H and O–H groups in total. The highest BCUT2D eigenvalue weighted by atomic mass is 16.3. The lowest BCUT2D eigenvalue weighted by Crippen LogP contribution is -2.04. The summed E-state index contributed by atoms with van der Waals surface area (Å²) < 4.78 is 5.41. The Labute approximate surface area is 102 Å². The molecule has 0 amide bonds. The van der Waals surface area contributed by atoms with Crippen LogP contribution in [0.4, 0.5) is 0 Å². The van der Waals surface area contributed by atoms with Gasteiger partial charge in [0.05, 0.1) is 11.6 Å². The van der Waals surface area contributed by atoms with Crippen LogP contribution in [0.5, 0.6) is 0 Å². The molecule has 0 atom stereocenters. The zero-order valence-electron chi connectivity index (χ0n) is 11.2. The number of aryl methyl sites for hydroxylation is 1. The molecule has 17 heavy (non-hydrogen) atoms. The molecule has 0 fully saturated rings. The minimum absolute atomic E-state index is 0.0616. The lowest BCUT2D eigenvalue weighted by atomic mass is 10.0. The van der Waals surface area contributed by atoms with Crippen molar-refractivity contribution in [3.05, 3.63) is 45.8 Å². The lowest BCUT2D eigenvalue weighted by molar-refractivity contribution is 0.596. The predicted molar refractivity (Wildman–Crippen MR) is 72.7 cm³/mol. The molecule has 0 bridgehead atoms. The summed E-state index contributed by atoms with van der Waals surface area (Å²) in [6.07, 6.45) is 1.52. The molecule has 0 aliphatic rings. The lowest BCUT2D eigenvalue weighted by Gasteiger charge is -2.05. The first-order valence-corrected chi connectivity index (χ1v) is 6.11. The van der Waals surface area contributed by atoms with Crippen LogP contribution in [0.1, 0.15) is 44.7 Å². The van der Waals surface area contributed by atoms with Crippen molar-refractivity contribution in [2.45, 2.75) is 40.5 Å². The third kappa shape index (κ3) is 2.76. The molecule has 0 saturated carbocycles. The van der Waals surface area contributed by atoms with Gasteiger partial charge in [-0.2, -0.15) is 0 Å². The molecule has 2 nitrogen and oxygen atoms in total. The summed E-state index contributed by atoms with van der Waals surface area (Å²) in [6.45, 7) is 10.0. The van der Waals surface area contributed by atoms with Crippen LogP contribution in [0.2, 0.25) is 0 Å². The molecule has 0 unspecified atom stereocenters. The average molecular weight is 232 g/mol. The molecule has 0 aliphatic carbocycles. The second-order valence-electron chi connectivity index (χ2n) is 4.16. The van der Waals surface area contributed by atoms with Gasteiger partial charge in [0, 0.05) is 5.56 Å². The van der Waals surface area contributed by atoms with Crippen LogP contribution in [-0.4, -0.2) is 0 Å². The first-order valence-electron chi connectivity index (χ1n) is 6.11. The minimum Gasteiger partial charge on any atom is -0.464 e. The summed E-state index contributed by atoms with van der Waals surface area (Å²) in [5.74, 6) is 0.445. The summed E-state index contributed by atoms with van der Waals surface area (Å²) in [5, 5.41) is 0.666. The van der Waals surface area contributed by atoms with Crippen LogP contribution < -0.4 is 5.43 Å². The highest BCUT2D eigenvalue weighted by Gasteiger charge is 2.06. The first kappa shape index (κ1) is 13.5. The molecule has 2 rings (SSSR count). The van der Waals surface area contributed by atoms with Gasteiger partial charge in [0.1, 0.15) is 5.58 Å². The summed E-state index contributed by atoms with van der Waals surface area (Å²) in [4.78, 5) is 11.7. The van der Waals surface area contributed by atoms with E-state index in [1.165, 1.54) is 11.8 Å².